The van der Waals surface area contributed by atoms with Gasteiger partial charge in [-0.3, -0.25) is 4.79 Å². The molecule has 0 spiro atoms. The van der Waals surface area contributed by atoms with E-state index in [0.717, 1.165) is 5.69 Å². The van der Waals surface area contributed by atoms with Crippen LogP contribution < -0.4 is 5.32 Å². The monoisotopic (exact) mass is 427 g/mol. The van der Waals surface area contributed by atoms with Gasteiger partial charge in [0.1, 0.15) is 29.3 Å². The van der Waals surface area contributed by atoms with Crippen LogP contribution in [-0.4, -0.2) is 56.2 Å². The second kappa shape index (κ2) is 8.13. The third kappa shape index (κ3) is 4.67. The largest absolute Gasteiger partial charge is 0.444 e. The predicted octanol–water partition coefficient (Wildman–Crippen LogP) is 2.95. The molecule has 2 aromatic rings. The van der Waals surface area contributed by atoms with E-state index in [1.165, 1.54) is 6.33 Å². The van der Waals surface area contributed by atoms with E-state index >= 15 is 0 Å². The van der Waals surface area contributed by atoms with Gasteiger partial charge in [0.05, 0.1) is 11.3 Å². The maximum absolute atomic E-state index is 12.6. The molecule has 8 nitrogen and oxygen atoms in total. The normalized spacial score (nSPS) is 17.2. The minimum absolute atomic E-state index is 0.0574. The first-order valence-corrected chi connectivity index (χ1v) is 9.91. The van der Waals surface area contributed by atoms with Crippen molar-refractivity contribution in [3.05, 3.63) is 23.2 Å². The fourth-order valence-corrected chi connectivity index (χ4v) is 3.56. The molecule has 28 heavy (non-hydrogen) atoms. The smallest absolute Gasteiger partial charge is 0.410 e. The zero-order chi connectivity index (χ0) is 20.5. The zero-order valence-electron chi connectivity index (χ0n) is 16.0. The van der Waals surface area contributed by atoms with E-state index < -0.39 is 5.60 Å². The molecule has 3 rings (SSSR count). The van der Waals surface area contributed by atoms with Gasteiger partial charge in [-0.15, -0.1) is 11.6 Å². The Morgan fingerprint density at radius 3 is 2.79 bits per heavy atom. The van der Waals surface area contributed by atoms with Crippen LogP contribution in [0.25, 0.3) is 11.0 Å². The first-order valence-electron chi connectivity index (χ1n) is 9.00. The molecule has 1 aliphatic heterocycles. The molecule has 10 heteroatoms. The van der Waals surface area contributed by atoms with Crippen molar-refractivity contribution in [3.8, 4) is 0 Å². The van der Waals surface area contributed by atoms with Gasteiger partial charge < -0.3 is 19.5 Å². The molecule has 1 aliphatic rings. The van der Waals surface area contributed by atoms with Crippen molar-refractivity contribution in [2.24, 2.45) is 0 Å². The molecule has 1 fully saturated rings. The lowest BCUT2D eigenvalue weighted by Gasteiger charge is -2.24. The topological polar surface area (TPSA) is 89.4 Å². The number of halogens is 2. The fraction of sp³-hybridized carbons (Fsp3) is 0.556. The number of nitrogens with one attached hydrogen (secondary N) is 1. The van der Waals surface area contributed by atoms with Gasteiger partial charge in [0, 0.05) is 24.8 Å². The summed E-state index contributed by atoms with van der Waals surface area (Å²) in [6.07, 6.45) is 1.66. The van der Waals surface area contributed by atoms with Gasteiger partial charge in [0.25, 0.3) is 0 Å². The first-order chi connectivity index (χ1) is 13.2. The molecule has 2 aromatic heterocycles. The second-order valence-electron chi connectivity index (χ2n) is 7.74. The van der Waals surface area contributed by atoms with E-state index in [9.17, 15) is 9.59 Å². The highest BCUT2D eigenvalue weighted by molar-refractivity contribution is 6.34. The molecule has 0 bridgehead atoms. The Hall–Kier alpha value is -2.06. The highest BCUT2D eigenvalue weighted by Gasteiger charge is 2.30. The van der Waals surface area contributed by atoms with Gasteiger partial charge in [0.15, 0.2) is 0 Å². The number of hydrogen-bond acceptors (Lipinski definition) is 5. The van der Waals surface area contributed by atoms with Crippen molar-refractivity contribution < 1.29 is 14.3 Å². The van der Waals surface area contributed by atoms with Crippen molar-refractivity contribution in [2.45, 2.75) is 51.3 Å². The molecule has 1 saturated heterocycles. The number of nitrogens with zero attached hydrogens (tertiary/aromatic N) is 4. The van der Waals surface area contributed by atoms with Gasteiger partial charge in [-0.2, -0.15) is 0 Å². The highest BCUT2D eigenvalue weighted by Crippen LogP contribution is 2.24. The van der Waals surface area contributed by atoms with E-state index in [-0.39, 0.29) is 30.5 Å². The molecule has 2 amide bonds. The summed E-state index contributed by atoms with van der Waals surface area (Å²) in [7, 11) is 0. The SMILES string of the molecule is CC(C)(C)OC(=O)N1CCC(NC(=O)Cn2c(CCl)cc3c(Cl)ncnc32)C1. The van der Waals surface area contributed by atoms with Crippen LogP contribution in [0.1, 0.15) is 32.9 Å². The number of aromatic nitrogens is 3. The summed E-state index contributed by atoms with van der Waals surface area (Å²) in [5.74, 6) is 0.0326. The highest BCUT2D eigenvalue weighted by atomic mass is 35.5. The molecular formula is C18H23Cl2N5O3. The van der Waals surface area contributed by atoms with E-state index in [2.05, 4.69) is 15.3 Å². The maximum Gasteiger partial charge on any atom is 0.410 e. The molecule has 0 aliphatic carbocycles. The van der Waals surface area contributed by atoms with E-state index in [1.807, 2.05) is 20.8 Å². The van der Waals surface area contributed by atoms with Crippen molar-refractivity contribution in [1.29, 1.82) is 0 Å². The Labute approximate surface area is 173 Å². The molecule has 1 atom stereocenters. The Morgan fingerprint density at radius 1 is 1.36 bits per heavy atom. The maximum atomic E-state index is 12.6. The number of likely N-dealkylation sites (tertiary alicyclic amines) is 1. The van der Waals surface area contributed by atoms with Crippen LogP contribution in [0.2, 0.25) is 5.15 Å². The van der Waals surface area contributed by atoms with Gasteiger partial charge in [-0.25, -0.2) is 14.8 Å². The predicted molar refractivity (Wildman–Crippen MR) is 106 cm³/mol. The second-order valence-corrected chi connectivity index (χ2v) is 8.36. The molecular weight excluding hydrogens is 405 g/mol. The van der Waals surface area contributed by atoms with Crippen LogP contribution in [0.4, 0.5) is 4.79 Å². The summed E-state index contributed by atoms with van der Waals surface area (Å²) >= 11 is 12.1. The van der Waals surface area contributed by atoms with Crippen molar-refractivity contribution in [1.82, 2.24) is 24.8 Å². The fourth-order valence-electron chi connectivity index (χ4n) is 3.16. The number of amides is 2. The average molecular weight is 428 g/mol. The Balaban J connectivity index is 1.63. The van der Waals surface area contributed by atoms with E-state index in [4.69, 9.17) is 27.9 Å². The standard InChI is InChI=1S/C18H23Cl2N5O3/c1-18(2,3)28-17(27)24-5-4-11(8-24)23-14(26)9-25-12(7-19)6-13-15(20)21-10-22-16(13)25/h6,10-11H,4-5,7-9H2,1-3H3,(H,23,26). The van der Waals surface area contributed by atoms with Crippen LogP contribution in [0, 0.1) is 0 Å². The lowest BCUT2D eigenvalue weighted by Crippen LogP contribution is -2.41. The molecule has 0 radical (unpaired) electrons. The molecule has 0 aromatic carbocycles. The minimum atomic E-state index is -0.547. The molecule has 152 valence electrons. The third-order valence-electron chi connectivity index (χ3n) is 4.37. The summed E-state index contributed by atoms with van der Waals surface area (Å²) in [6, 6.07) is 1.66. The molecule has 1 N–H and O–H groups in total. The number of alkyl halides is 1. The summed E-state index contributed by atoms with van der Waals surface area (Å²) in [4.78, 5) is 34.5. The number of ether oxygens (including phenoxy) is 1. The van der Waals surface area contributed by atoms with Gasteiger partial charge in [-0.1, -0.05) is 11.6 Å². The van der Waals surface area contributed by atoms with Crippen molar-refractivity contribution in [3.63, 3.8) is 0 Å². The van der Waals surface area contributed by atoms with Gasteiger partial charge >= 0.3 is 6.09 Å². The summed E-state index contributed by atoms with van der Waals surface area (Å²) in [6.45, 7) is 6.50. The summed E-state index contributed by atoms with van der Waals surface area (Å²) in [5.41, 5.74) is 0.748. The van der Waals surface area contributed by atoms with Crippen LogP contribution >= 0.6 is 23.2 Å². The molecule has 0 saturated carbocycles. The third-order valence-corrected chi connectivity index (χ3v) is 4.95. The summed E-state index contributed by atoms with van der Waals surface area (Å²) in [5, 5.41) is 3.94. The zero-order valence-corrected chi connectivity index (χ0v) is 17.5. The number of rotatable bonds is 4. The van der Waals surface area contributed by atoms with Crippen LogP contribution in [0.15, 0.2) is 12.4 Å². The number of carbonyl (C=O) groups is 2. The Morgan fingerprint density at radius 2 is 2.11 bits per heavy atom. The quantitative estimate of drug-likeness (QED) is 0.598. The Kier molecular flexibility index (Phi) is 6.00. The average Bonchev–Trinajstić information content (AvgIpc) is 3.19. The number of hydrogen-bond donors (Lipinski definition) is 1. The van der Waals surface area contributed by atoms with Crippen molar-refractivity contribution >= 4 is 46.2 Å². The van der Waals surface area contributed by atoms with Crippen LogP contribution in [-0.2, 0) is 22.0 Å². The Bertz CT molecular complexity index is 893. The molecule has 3 heterocycles. The van der Waals surface area contributed by atoms with Crippen LogP contribution in [0.5, 0.6) is 0 Å². The number of fused-ring (bicyclic) bond motifs is 1. The number of carbonyl (C=O) groups excluding carboxylic acids is 2. The first kappa shape index (κ1) is 20.7. The van der Waals surface area contributed by atoms with Crippen molar-refractivity contribution in [2.75, 3.05) is 13.1 Å². The van der Waals surface area contributed by atoms with E-state index in [1.54, 1.807) is 15.5 Å². The van der Waals surface area contributed by atoms with Gasteiger partial charge in [-0.05, 0) is 33.3 Å². The lowest BCUT2D eigenvalue weighted by atomic mass is 10.2. The lowest BCUT2D eigenvalue weighted by molar-refractivity contribution is -0.122. The van der Waals surface area contributed by atoms with E-state index in [0.29, 0.717) is 35.7 Å². The van der Waals surface area contributed by atoms with Gasteiger partial charge in [0.2, 0.25) is 5.91 Å². The summed E-state index contributed by atoms with van der Waals surface area (Å²) < 4.78 is 7.11. The molecule has 1 unspecified atom stereocenters. The van der Waals surface area contributed by atoms with Crippen LogP contribution in [0.3, 0.4) is 0 Å². The minimum Gasteiger partial charge on any atom is -0.444 e.